The first kappa shape index (κ1) is 44.1. The van der Waals surface area contributed by atoms with Crippen LogP contribution in [0.3, 0.4) is 0 Å². The van der Waals surface area contributed by atoms with Crippen molar-refractivity contribution in [2.75, 3.05) is 32.7 Å². The van der Waals surface area contributed by atoms with Gasteiger partial charge in [0.2, 0.25) is 10.0 Å². The molecule has 0 aromatic heterocycles. The fourth-order valence-corrected chi connectivity index (χ4v) is 9.75. The van der Waals surface area contributed by atoms with E-state index in [0.717, 1.165) is 5.56 Å². The minimum atomic E-state index is -4.19. The van der Waals surface area contributed by atoms with Gasteiger partial charge in [-0.2, -0.15) is 4.31 Å². The normalized spacial score (nSPS) is 20.7. The Bertz CT molecular complexity index is 1900. The quantitative estimate of drug-likeness (QED) is 0.0981. The van der Waals surface area contributed by atoms with Crippen LogP contribution in [0.25, 0.3) is 0 Å². The van der Waals surface area contributed by atoms with E-state index in [1.807, 2.05) is 44.2 Å². The summed E-state index contributed by atoms with van der Waals surface area (Å²) in [7, 11) is -8.08. The molecule has 7 atom stereocenters. The number of amides is 1. The molecule has 2 heterocycles. The second kappa shape index (κ2) is 20.1. The predicted octanol–water partition coefficient (Wildman–Crippen LogP) is 5.33. The molecule has 312 valence electrons. The topological polar surface area (TPSA) is 188 Å². The van der Waals surface area contributed by atoms with Crippen LogP contribution in [0.1, 0.15) is 46.6 Å². The highest BCUT2D eigenvalue weighted by Gasteiger charge is 2.44. The average molecular weight is 832 g/mol. The molecule has 15 nitrogen and oxygen atoms in total. The molecule has 2 fully saturated rings. The summed E-state index contributed by atoms with van der Waals surface area (Å²) in [5.74, 6) is -0.338. The van der Waals surface area contributed by atoms with Crippen LogP contribution in [0.5, 0.6) is 11.5 Å². The van der Waals surface area contributed by atoms with Gasteiger partial charge >= 0.3 is 19.6 Å². The smallest absolute Gasteiger partial charge is 0.407 e. The third-order valence-electron chi connectivity index (χ3n) is 9.22. The Hall–Kier alpha value is -4.02. The summed E-state index contributed by atoms with van der Waals surface area (Å²) in [6, 6.07) is 21.3. The van der Waals surface area contributed by atoms with E-state index in [4.69, 9.17) is 28.2 Å². The van der Waals surface area contributed by atoms with Crippen molar-refractivity contribution < 1.29 is 55.9 Å². The van der Waals surface area contributed by atoms with Gasteiger partial charge in [0.1, 0.15) is 23.6 Å². The number of carbonyl (C=O) groups is 2. The Labute approximate surface area is 334 Å². The Kier molecular flexibility index (Phi) is 15.5. The number of alkyl carbamates (subject to hydrolysis) is 1. The number of carbonyl (C=O) groups excluding carboxylic acids is 2. The number of ether oxygens (including phenoxy) is 5. The van der Waals surface area contributed by atoms with E-state index in [1.54, 1.807) is 44.2 Å². The molecule has 0 bridgehead atoms. The van der Waals surface area contributed by atoms with Crippen LogP contribution in [-0.4, -0.2) is 99.2 Å². The maximum absolute atomic E-state index is 14.2. The molecule has 0 aliphatic carbocycles. The monoisotopic (exact) mass is 831 g/mol. The number of hydrogen-bond acceptors (Lipinski definition) is 12. The highest BCUT2D eigenvalue weighted by molar-refractivity contribution is 7.89. The summed E-state index contributed by atoms with van der Waals surface area (Å²) in [4.78, 5) is 25.7. The second-order valence-electron chi connectivity index (χ2n) is 14.9. The van der Waals surface area contributed by atoms with Gasteiger partial charge in [0, 0.05) is 13.1 Å². The van der Waals surface area contributed by atoms with Crippen LogP contribution >= 0.6 is 7.52 Å². The number of nitrogens with zero attached hydrogens (tertiary/aromatic N) is 1. The maximum Gasteiger partial charge on any atom is 0.407 e. The minimum Gasteiger partial charge on any atom is -0.481 e. The zero-order chi connectivity index (χ0) is 41.2. The first-order valence-electron chi connectivity index (χ1n) is 19.1. The first-order valence-corrected chi connectivity index (χ1v) is 22.3. The molecular formula is C40H54N3O12PS. The number of aliphatic hydroxyl groups is 1. The van der Waals surface area contributed by atoms with E-state index in [2.05, 4.69) is 10.4 Å². The predicted molar refractivity (Wildman–Crippen MR) is 211 cm³/mol. The highest BCUT2D eigenvalue weighted by atomic mass is 32.2. The standard InChI is InChI=1S/C40H54N3O12PS/c1-27(2)23-43(24-36(44)35(22-30-12-8-6-9-13-30)41-40(46)54-37-25-51-39-34(37)20-21-50-39)57(48,49)33-18-16-31(17-19-33)52-26-56(47,55-32-14-10-7-11-15-32)42-29(5)38(45)53-28(3)4/h6-19,27-29,34-37,39,44H,20-26H2,1-5H3,(H,41,46)(H,42,47)/t29-,34-,35-,36+,37-,39+,56?/m0/s1. The van der Waals surface area contributed by atoms with E-state index < -0.39 is 66.5 Å². The summed E-state index contributed by atoms with van der Waals surface area (Å²) in [6.07, 6.45) is -2.97. The van der Waals surface area contributed by atoms with Crippen molar-refractivity contribution in [2.24, 2.45) is 11.8 Å². The first-order chi connectivity index (χ1) is 27.1. The summed E-state index contributed by atoms with van der Waals surface area (Å²) >= 11 is 0. The molecule has 3 aromatic rings. The van der Waals surface area contributed by atoms with E-state index >= 15 is 0 Å². The lowest BCUT2D eigenvalue weighted by atomic mass is 10.0. The van der Waals surface area contributed by atoms with Gasteiger partial charge in [-0.3, -0.25) is 9.36 Å². The van der Waals surface area contributed by atoms with E-state index in [9.17, 15) is 27.7 Å². The summed E-state index contributed by atoms with van der Waals surface area (Å²) in [5.41, 5.74) is 0.822. The third-order valence-corrected chi connectivity index (χ3v) is 12.8. The second-order valence-corrected chi connectivity index (χ2v) is 18.8. The number of aliphatic hydroxyl groups excluding tert-OH is 1. The van der Waals surface area contributed by atoms with Crippen molar-refractivity contribution >= 4 is 29.6 Å². The molecule has 0 radical (unpaired) electrons. The maximum atomic E-state index is 14.2. The van der Waals surface area contributed by atoms with Crippen LogP contribution in [0.4, 0.5) is 4.79 Å². The molecule has 3 aromatic carbocycles. The highest BCUT2D eigenvalue weighted by Crippen LogP contribution is 2.44. The Morgan fingerprint density at radius 3 is 2.23 bits per heavy atom. The molecule has 2 aliphatic rings. The molecule has 0 spiro atoms. The van der Waals surface area contributed by atoms with Crippen LogP contribution in [0.15, 0.2) is 89.8 Å². The molecular weight excluding hydrogens is 777 g/mol. The molecule has 2 saturated heterocycles. The Morgan fingerprint density at radius 2 is 1.58 bits per heavy atom. The van der Waals surface area contributed by atoms with E-state index in [1.165, 1.54) is 35.5 Å². The van der Waals surface area contributed by atoms with Gasteiger partial charge in [-0.05, 0) is 81.5 Å². The third kappa shape index (κ3) is 12.7. The number of hydrogen-bond donors (Lipinski definition) is 3. The Morgan fingerprint density at radius 1 is 0.912 bits per heavy atom. The summed E-state index contributed by atoms with van der Waals surface area (Å²) in [6.45, 7) is 9.09. The lowest BCUT2D eigenvalue weighted by Gasteiger charge is -2.31. The molecule has 57 heavy (non-hydrogen) atoms. The van der Waals surface area contributed by atoms with Gasteiger partial charge in [0.05, 0.1) is 42.3 Å². The fourth-order valence-electron chi connectivity index (χ4n) is 6.48. The number of rotatable bonds is 20. The van der Waals surface area contributed by atoms with Gasteiger partial charge in [-0.1, -0.05) is 62.4 Å². The van der Waals surface area contributed by atoms with Crippen molar-refractivity contribution in [3.8, 4) is 11.5 Å². The van der Waals surface area contributed by atoms with E-state index in [0.29, 0.717) is 13.0 Å². The van der Waals surface area contributed by atoms with Crippen molar-refractivity contribution in [1.29, 1.82) is 0 Å². The lowest BCUT2D eigenvalue weighted by molar-refractivity contribution is -0.149. The number of benzene rings is 3. The van der Waals surface area contributed by atoms with Gasteiger partial charge in [-0.25, -0.2) is 18.3 Å². The SMILES string of the molecule is CC(C)CN(C[C@@H](O)[C@H](Cc1ccccc1)NC(=O)O[C@H]1CO[C@H]2OCC[C@H]21)S(=O)(=O)c1ccc(OCP(=O)(N[C@@H](C)C(=O)OC(C)C)Oc2ccccc2)cc1. The number of para-hydroxylation sites is 1. The van der Waals surface area contributed by atoms with Crippen LogP contribution in [0, 0.1) is 11.8 Å². The molecule has 0 saturated carbocycles. The van der Waals surface area contributed by atoms with Crippen molar-refractivity contribution in [2.45, 2.75) is 89.0 Å². The molecule has 2 aliphatic heterocycles. The fraction of sp³-hybridized carbons (Fsp3) is 0.500. The van der Waals surface area contributed by atoms with Crippen molar-refractivity contribution in [3.63, 3.8) is 0 Å². The van der Waals surface area contributed by atoms with Crippen molar-refractivity contribution in [1.82, 2.24) is 14.7 Å². The average Bonchev–Trinajstić information content (AvgIpc) is 3.79. The molecule has 17 heteroatoms. The summed E-state index contributed by atoms with van der Waals surface area (Å²) in [5, 5.41) is 17.2. The van der Waals surface area contributed by atoms with Gasteiger partial charge in [0.15, 0.2) is 12.6 Å². The number of sulfonamides is 1. The number of nitrogens with one attached hydrogen (secondary N) is 2. The lowest BCUT2D eigenvalue weighted by Crippen LogP contribution is -2.51. The van der Waals surface area contributed by atoms with Crippen LogP contribution in [0.2, 0.25) is 0 Å². The van der Waals surface area contributed by atoms with E-state index in [-0.39, 0.29) is 60.5 Å². The largest absolute Gasteiger partial charge is 0.481 e. The molecule has 3 N–H and O–H groups in total. The van der Waals surface area contributed by atoms with Crippen LogP contribution < -0.4 is 19.7 Å². The summed E-state index contributed by atoms with van der Waals surface area (Å²) < 4.78 is 77.3. The van der Waals surface area contributed by atoms with Crippen molar-refractivity contribution in [3.05, 3.63) is 90.5 Å². The zero-order valence-corrected chi connectivity index (χ0v) is 34.6. The zero-order valence-electron chi connectivity index (χ0n) is 32.9. The minimum absolute atomic E-state index is 0.0730. The molecule has 1 amide bonds. The van der Waals surface area contributed by atoms with Gasteiger partial charge in [0.25, 0.3) is 0 Å². The van der Waals surface area contributed by atoms with Gasteiger partial charge < -0.3 is 38.6 Å². The van der Waals surface area contributed by atoms with Crippen LogP contribution in [-0.2, 0) is 44.8 Å². The Balaban J connectivity index is 1.28. The molecule has 1 unspecified atom stereocenters. The van der Waals surface area contributed by atoms with Gasteiger partial charge in [-0.15, -0.1) is 0 Å². The molecule has 5 rings (SSSR count). The number of fused-ring (bicyclic) bond motifs is 1. The number of esters is 1.